The number of aryl methyl sites for hydroxylation is 1. The lowest BCUT2D eigenvalue weighted by atomic mass is 9.63. The topological polar surface area (TPSA) is 110 Å². The van der Waals surface area contributed by atoms with E-state index in [-0.39, 0.29) is 60.0 Å². The summed E-state index contributed by atoms with van der Waals surface area (Å²) in [4.78, 5) is 49.3. The van der Waals surface area contributed by atoms with E-state index in [9.17, 15) is 24.5 Å². The third kappa shape index (κ3) is 2.98. The van der Waals surface area contributed by atoms with Gasteiger partial charge in [0.05, 0.1) is 16.8 Å². The second kappa shape index (κ2) is 6.85. The fourth-order valence-electron chi connectivity index (χ4n) is 4.68. The first kappa shape index (κ1) is 18.3. The fraction of sp³-hybridized carbons (Fsp3) is 0.450. The molecule has 1 heterocycles. The maximum absolute atomic E-state index is 12.7. The highest BCUT2D eigenvalue weighted by molar-refractivity contribution is 6.06. The van der Waals surface area contributed by atoms with Gasteiger partial charge in [0.15, 0.2) is 0 Å². The molecule has 1 aromatic rings. The van der Waals surface area contributed by atoms with Crippen molar-refractivity contribution in [3.63, 3.8) is 0 Å². The summed E-state index contributed by atoms with van der Waals surface area (Å²) < 4.78 is 0. The molecule has 28 heavy (non-hydrogen) atoms. The second-order valence-electron chi connectivity index (χ2n) is 7.72. The van der Waals surface area contributed by atoms with Gasteiger partial charge in [0.1, 0.15) is 0 Å². The number of fused-ring (bicyclic) bond motifs is 1. The number of non-ortho nitro benzene ring substituents is 1. The summed E-state index contributed by atoms with van der Waals surface area (Å²) in [5, 5.41) is 13.5. The number of anilines is 1. The van der Waals surface area contributed by atoms with Gasteiger partial charge in [0.2, 0.25) is 17.7 Å². The molecule has 5 rings (SSSR count). The van der Waals surface area contributed by atoms with Crippen LogP contribution in [0.4, 0.5) is 11.4 Å². The molecule has 146 valence electrons. The molecule has 1 aliphatic heterocycles. The predicted molar refractivity (Wildman–Crippen MR) is 100 cm³/mol. The van der Waals surface area contributed by atoms with E-state index in [2.05, 4.69) is 17.5 Å². The molecule has 3 aliphatic carbocycles. The Bertz CT molecular complexity index is 877. The van der Waals surface area contributed by atoms with Gasteiger partial charge in [-0.15, -0.1) is 0 Å². The number of nitrogens with one attached hydrogen (secondary N) is 1. The summed E-state index contributed by atoms with van der Waals surface area (Å²) in [6.45, 7) is 1.73. The van der Waals surface area contributed by atoms with Crippen molar-refractivity contribution in [2.24, 2.45) is 23.7 Å². The summed E-state index contributed by atoms with van der Waals surface area (Å²) in [5.41, 5.74) is 1.00. The van der Waals surface area contributed by atoms with Crippen molar-refractivity contribution in [3.8, 4) is 0 Å². The normalized spacial score (nSPS) is 27.8. The van der Waals surface area contributed by atoms with Crippen LogP contribution >= 0.6 is 0 Å². The summed E-state index contributed by atoms with van der Waals surface area (Å²) in [6.07, 6.45) is 6.00. The SMILES string of the molecule is Cc1cc([N+](=O)[O-])ccc1NC(=O)CCN1C(=O)C2C3C=CC(CC3)C2C1=O. The fourth-order valence-corrected chi connectivity index (χ4v) is 4.68. The van der Waals surface area contributed by atoms with Crippen molar-refractivity contribution >= 4 is 29.1 Å². The van der Waals surface area contributed by atoms with Crippen LogP contribution in [-0.4, -0.2) is 34.1 Å². The molecule has 1 saturated heterocycles. The number of nitro groups is 1. The Labute approximate surface area is 161 Å². The molecule has 1 N–H and O–H groups in total. The zero-order chi connectivity index (χ0) is 20.0. The Morgan fingerprint density at radius 2 is 1.79 bits per heavy atom. The number of rotatable bonds is 5. The second-order valence-corrected chi connectivity index (χ2v) is 7.72. The molecular formula is C20H21N3O5. The van der Waals surface area contributed by atoms with Crippen molar-refractivity contribution in [3.05, 3.63) is 46.0 Å². The third-order valence-corrected chi connectivity index (χ3v) is 6.11. The van der Waals surface area contributed by atoms with Crippen LogP contribution in [0, 0.1) is 40.7 Å². The Kier molecular flexibility index (Phi) is 4.49. The molecule has 0 aromatic heterocycles. The lowest BCUT2D eigenvalue weighted by molar-refractivity contribution is -0.384. The van der Waals surface area contributed by atoms with Gasteiger partial charge in [-0.3, -0.25) is 29.4 Å². The highest BCUT2D eigenvalue weighted by atomic mass is 16.6. The van der Waals surface area contributed by atoms with E-state index >= 15 is 0 Å². The standard InChI is InChI=1S/C20H21N3O5/c1-11-10-14(23(27)28)6-7-15(11)21-16(24)8-9-22-19(25)17-12-2-3-13(5-4-12)18(17)20(22)26/h2-3,6-7,10,12-13,17-18H,4-5,8-9H2,1H3,(H,21,24). The van der Waals surface area contributed by atoms with E-state index in [0.29, 0.717) is 11.3 Å². The molecule has 4 aliphatic rings. The number of hydrogen-bond donors (Lipinski definition) is 1. The molecule has 1 aromatic carbocycles. The number of carbonyl (C=O) groups excluding carboxylic acids is 3. The minimum Gasteiger partial charge on any atom is -0.326 e. The van der Waals surface area contributed by atoms with Crippen LogP contribution in [0.1, 0.15) is 24.8 Å². The first-order valence-electron chi connectivity index (χ1n) is 9.45. The Hall–Kier alpha value is -3.03. The van der Waals surface area contributed by atoms with E-state index in [0.717, 1.165) is 12.8 Å². The van der Waals surface area contributed by atoms with Gasteiger partial charge >= 0.3 is 0 Å². The van der Waals surface area contributed by atoms with Gasteiger partial charge in [-0.05, 0) is 43.2 Å². The minimum absolute atomic E-state index is 0.00386. The summed E-state index contributed by atoms with van der Waals surface area (Å²) in [5.74, 6) is -0.927. The number of hydrogen-bond acceptors (Lipinski definition) is 5. The van der Waals surface area contributed by atoms with E-state index in [1.807, 2.05) is 0 Å². The number of amides is 3. The minimum atomic E-state index is -0.495. The molecule has 4 atom stereocenters. The maximum atomic E-state index is 12.7. The van der Waals surface area contributed by atoms with Gasteiger partial charge in [0, 0.05) is 30.8 Å². The average molecular weight is 383 g/mol. The van der Waals surface area contributed by atoms with E-state index < -0.39 is 4.92 Å². The lowest BCUT2D eigenvalue weighted by Crippen LogP contribution is -2.38. The number of nitrogens with zero attached hydrogens (tertiary/aromatic N) is 2. The van der Waals surface area contributed by atoms with Crippen LogP contribution in [-0.2, 0) is 14.4 Å². The van der Waals surface area contributed by atoms with Crippen molar-refractivity contribution < 1.29 is 19.3 Å². The van der Waals surface area contributed by atoms with Crippen LogP contribution in [0.2, 0.25) is 0 Å². The molecule has 0 radical (unpaired) electrons. The lowest BCUT2D eigenvalue weighted by Gasteiger charge is -2.38. The quantitative estimate of drug-likeness (QED) is 0.363. The smallest absolute Gasteiger partial charge is 0.269 e. The third-order valence-electron chi connectivity index (χ3n) is 6.11. The van der Waals surface area contributed by atoms with E-state index in [4.69, 9.17) is 0 Å². The number of benzene rings is 1. The molecule has 0 spiro atoms. The van der Waals surface area contributed by atoms with Gasteiger partial charge in [-0.2, -0.15) is 0 Å². The monoisotopic (exact) mass is 383 g/mol. The Balaban J connectivity index is 1.38. The Morgan fingerprint density at radius 1 is 1.18 bits per heavy atom. The molecule has 4 unspecified atom stereocenters. The van der Waals surface area contributed by atoms with Gasteiger partial charge < -0.3 is 5.32 Å². The molecule has 1 saturated carbocycles. The van der Waals surface area contributed by atoms with Crippen molar-refractivity contribution in [1.29, 1.82) is 0 Å². The van der Waals surface area contributed by atoms with Gasteiger partial charge in [0.25, 0.3) is 5.69 Å². The average Bonchev–Trinajstić information content (AvgIpc) is 2.95. The van der Waals surface area contributed by atoms with Crippen LogP contribution in [0.25, 0.3) is 0 Å². The molecular weight excluding hydrogens is 362 g/mol. The predicted octanol–water partition coefficient (Wildman–Crippen LogP) is 2.43. The highest BCUT2D eigenvalue weighted by Crippen LogP contribution is 2.49. The zero-order valence-corrected chi connectivity index (χ0v) is 15.5. The van der Waals surface area contributed by atoms with Crippen molar-refractivity contribution in [2.45, 2.75) is 26.2 Å². The van der Waals surface area contributed by atoms with Crippen molar-refractivity contribution in [1.82, 2.24) is 4.90 Å². The molecule has 8 nitrogen and oxygen atoms in total. The number of imide groups is 1. The zero-order valence-electron chi connectivity index (χ0n) is 15.5. The van der Waals surface area contributed by atoms with Crippen LogP contribution in [0.3, 0.4) is 0 Å². The molecule has 3 amide bonds. The Morgan fingerprint density at radius 3 is 2.29 bits per heavy atom. The first-order valence-corrected chi connectivity index (χ1v) is 9.45. The summed E-state index contributed by atoms with van der Waals surface area (Å²) in [7, 11) is 0. The van der Waals surface area contributed by atoms with Crippen LogP contribution in [0.5, 0.6) is 0 Å². The molecule has 2 fully saturated rings. The molecule has 8 heteroatoms. The number of nitro benzene ring substituents is 1. The van der Waals surface area contributed by atoms with Crippen LogP contribution < -0.4 is 5.32 Å². The van der Waals surface area contributed by atoms with E-state index in [1.54, 1.807) is 6.92 Å². The van der Waals surface area contributed by atoms with Gasteiger partial charge in [-0.1, -0.05) is 12.2 Å². The highest BCUT2D eigenvalue weighted by Gasteiger charge is 2.56. The summed E-state index contributed by atoms with van der Waals surface area (Å²) >= 11 is 0. The van der Waals surface area contributed by atoms with Gasteiger partial charge in [-0.25, -0.2) is 0 Å². The number of carbonyl (C=O) groups is 3. The summed E-state index contributed by atoms with van der Waals surface area (Å²) in [6, 6.07) is 4.19. The largest absolute Gasteiger partial charge is 0.326 e. The first-order chi connectivity index (χ1) is 13.4. The van der Waals surface area contributed by atoms with E-state index in [1.165, 1.54) is 23.1 Å². The van der Waals surface area contributed by atoms with Crippen LogP contribution in [0.15, 0.2) is 30.4 Å². The number of likely N-dealkylation sites (tertiary alicyclic amines) is 1. The maximum Gasteiger partial charge on any atom is 0.269 e. The van der Waals surface area contributed by atoms with Crippen molar-refractivity contribution in [2.75, 3.05) is 11.9 Å². The number of allylic oxidation sites excluding steroid dienone is 2. The molecule has 2 bridgehead atoms.